The summed E-state index contributed by atoms with van der Waals surface area (Å²) in [6.45, 7) is 5.41. The Bertz CT molecular complexity index is 482. The van der Waals surface area contributed by atoms with Gasteiger partial charge in [-0.2, -0.15) is 0 Å². The van der Waals surface area contributed by atoms with Gasteiger partial charge in [0.1, 0.15) is 12.2 Å². The SMILES string of the molecule is CN(C(=O)OCc1ccccc1)N(C)C(=O)OC(C)(C)C. The molecule has 0 bridgehead atoms. The third-order valence-corrected chi connectivity index (χ3v) is 2.58. The zero-order chi connectivity index (χ0) is 16.0. The van der Waals surface area contributed by atoms with Crippen LogP contribution in [-0.2, 0) is 16.1 Å². The summed E-state index contributed by atoms with van der Waals surface area (Å²) in [5, 5.41) is 2.13. The molecule has 0 aliphatic carbocycles. The summed E-state index contributed by atoms with van der Waals surface area (Å²) in [7, 11) is 2.88. The van der Waals surface area contributed by atoms with Gasteiger partial charge in [0, 0.05) is 14.1 Å². The van der Waals surface area contributed by atoms with Gasteiger partial charge >= 0.3 is 12.2 Å². The number of hydrogen-bond donors (Lipinski definition) is 0. The van der Waals surface area contributed by atoms with Gasteiger partial charge in [0.15, 0.2) is 0 Å². The van der Waals surface area contributed by atoms with E-state index >= 15 is 0 Å². The second kappa shape index (κ2) is 6.97. The molecule has 1 aromatic carbocycles. The first-order chi connectivity index (χ1) is 9.70. The Morgan fingerprint density at radius 3 is 2.05 bits per heavy atom. The predicted molar refractivity (Wildman–Crippen MR) is 78.4 cm³/mol. The number of rotatable bonds is 2. The molecule has 0 unspecified atom stereocenters. The lowest BCUT2D eigenvalue weighted by molar-refractivity contribution is -0.0265. The third kappa shape index (κ3) is 5.72. The van der Waals surface area contributed by atoms with E-state index in [0.29, 0.717) is 0 Å². The minimum Gasteiger partial charge on any atom is -0.443 e. The highest BCUT2D eigenvalue weighted by Crippen LogP contribution is 2.10. The molecule has 0 N–H and O–H groups in total. The number of ether oxygens (including phenoxy) is 2. The smallest absolute Gasteiger partial charge is 0.429 e. The largest absolute Gasteiger partial charge is 0.443 e. The van der Waals surface area contributed by atoms with Crippen LogP contribution in [0.2, 0.25) is 0 Å². The molecule has 0 saturated carbocycles. The van der Waals surface area contributed by atoms with Crippen molar-refractivity contribution in [3.8, 4) is 0 Å². The summed E-state index contributed by atoms with van der Waals surface area (Å²) < 4.78 is 10.3. The lowest BCUT2D eigenvalue weighted by Gasteiger charge is -2.29. The van der Waals surface area contributed by atoms with Crippen molar-refractivity contribution in [3.63, 3.8) is 0 Å². The lowest BCUT2D eigenvalue weighted by atomic mass is 10.2. The Morgan fingerprint density at radius 1 is 1.00 bits per heavy atom. The molecular weight excluding hydrogens is 272 g/mol. The molecule has 0 aromatic heterocycles. The molecule has 6 nitrogen and oxygen atoms in total. The van der Waals surface area contributed by atoms with Crippen LogP contribution in [-0.4, -0.2) is 41.9 Å². The fraction of sp³-hybridized carbons (Fsp3) is 0.467. The molecule has 2 amide bonds. The van der Waals surface area contributed by atoms with Crippen LogP contribution in [0, 0.1) is 0 Å². The Hall–Kier alpha value is -2.24. The number of benzene rings is 1. The molecule has 0 fully saturated rings. The van der Waals surface area contributed by atoms with Crippen LogP contribution >= 0.6 is 0 Å². The van der Waals surface area contributed by atoms with E-state index in [1.807, 2.05) is 30.3 Å². The quantitative estimate of drug-likeness (QED) is 0.787. The molecule has 0 aliphatic heterocycles. The fourth-order valence-corrected chi connectivity index (χ4v) is 1.39. The van der Waals surface area contributed by atoms with Crippen molar-refractivity contribution in [1.29, 1.82) is 0 Å². The number of amides is 2. The molecule has 1 rings (SSSR count). The van der Waals surface area contributed by atoms with E-state index in [-0.39, 0.29) is 6.61 Å². The van der Waals surface area contributed by atoms with E-state index in [9.17, 15) is 9.59 Å². The second-order valence-electron chi connectivity index (χ2n) is 5.57. The number of carbonyl (C=O) groups excluding carboxylic acids is 2. The van der Waals surface area contributed by atoms with Crippen molar-refractivity contribution in [2.45, 2.75) is 33.0 Å². The highest BCUT2D eigenvalue weighted by Gasteiger charge is 2.25. The van der Waals surface area contributed by atoms with Gasteiger partial charge in [0.25, 0.3) is 0 Å². The monoisotopic (exact) mass is 294 g/mol. The molecule has 0 spiro atoms. The van der Waals surface area contributed by atoms with Crippen molar-refractivity contribution >= 4 is 12.2 Å². The summed E-state index contributed by atoms with van der Waals surface area (Å²) in [5.41, 5.74) is 0.249. The van der Waals surface area contributed by atoms with Gasteiger partial charge in [-0.15, -0.1) is 0 Å². The maximum atomic E-state index is 11.9. The van der Waals surface area contributed by atoms with Crippen molar-refractivity contribution in [1.82, 2.24) is 10.0 Å². The van der Waals surface area contributed by atoms with E-state index in [0.717, 1.165) is 15.6 Å². The van der Waals surface area contributed by atoms with Crippen LogP contribution < -0.4 is 0 Å². The van der Waals surface area contributed by atoms with Gasteiger partial charge in [-0.1, -0.05) is 30.3 Å². The summed E-state index contributed by atoms with van der Waals surface area (Å²) in [6, 6.07) is 9.31. The fourth-order valence-electron chi connectivity index (χ4n) is 1.39. The summed E-state index contributed by atoms with van der Waals surface area (Å²) >= 11 is 0. The van der Waals surface area contributed by atoms with Crippen LogP contribution in [0.15, 0.2) is 30.3 Å². The zero-order valence-electron chi connectivity index (χ0n) is 13.1. The molecule has 1 aromatic rings. The van der Waals surface area contributed by atoms with Crippen molar-refractivity contribution < 1.29 is 19.1 Å². The maximum absolute atomic E-state index is 11.9. The van der Waals surface area contributed by atoms with Gasteiger partial charge in [0.05, 0.1) is 0 Å². The maximum Gasteiger partial charge on any atom is 0.429 e. The van der Waals surface area contributed by atoms with Gasteiger partial charge < -0.3 is 9.47 Å². The van der Waals surface area contributed by atoms with Crippen molar-refractivity contribution in [2.75, 3.05) is 14.1 Å². The molecule has 0 saturated heterocycles. The van der Waals surface area contributed by atoms with E-state index in [1.54, 1.807) is 20.8 Å². The average molecular weight is 294 g/mol. The second-order valence-corrected chi connectivity index (χ2v) is 5.57. The normalized spacial score (nSPS) is 10.7. The molecule has 0 aliphatic rings. The summed E-state index contributed by atoms with van der Waals surface area (Å²) in [6.07, 6.45) is -1.26. The standard InChI is InChI=1S/C15H22N2O4/c1-15(2,3)21-14(19)17(5)16(4)13(18)20-11-12-9-7-6-8-10-12/h6-10H,11H2,1-5H3. The first kappa shape index (κ1) is 16.8. The highest BCUT2D eigenvalue weighted by molar-refractivity contribution is 5.73. The molecule has 116 valence electrons. The van der Waals surface area contributed by atoms with Crippen molar-refractivity contribution in [3.05, 3.63) is 35.9 Å². The Labute approximate surface area is 125 Å². The van der Waals surface area contributed by atoms with Crippen LogP contribution in [0.5, 0.6) is 0 Å². The van der Waals surface area contributed by atoms with Gasteiger partial charge in [-0.3, -0.25) is 0 Å². The number of nitrogens with zero attached hydrogens (tertiary/aromatic N) is 2. The molecule has 21 heavy (non-hydrogen) atoms. The number of hydrogen-bond acceptors (Lipinski definition) is 4. The molecule has 6 heteroatoms. The minimum atomic E-state index is -0.632. The molecular formula is C15H22N2O4. The van der Waals surface area contributed by atoms with E-state index < -0.39 is 17.8 Å². The van der Waals surface area contributed by atoms with Crippen LogP contribution in [0.4, 0.5) is 9.59 Å². The molecule has 0 heterocycles. The van der Waals surface area contributed by atoms with E-state index in [1.165, 1.54) is 14.1 Å². The Kier molecular flexibility index (Phi) is 5.58. The topological polar surface area (TPSA) is 59.1 Å². The molecule has 0 atom stereocenters. The van der Waals surface area contributed by atoms with Gasteiger partial charge in [0.2, 0.25) is 0 Å². The zero-order valence-corrected chi connectivity index (χ0v) is 13.1. The molecule has 0 radical (unpaired) electrons. The van der Waals surface area contributed by atoms with Crippen molar-refractivity contribution in [2.24, 2.45) is 0 Å². The lowest BCUT2D eigenvalue weighted by Crippen LogP contribution is -2.47. The van der Waals surface area contributed by atoms with Gasteiger partial charge in [-0.25, -0.2) is 19.6 Å². The van der Waals surface area contributed by atoms with E-state index in [4.69, 9.17) is 9.47 Å². The predicted octanol–water partition coefficient (Wildman–Crippen LogP) is 3.04. The first-order valence-corrected chi connectivity index (χ1v) is 6.62. The number of hydrazine groups is 1. The third-order valence-electron chi connectivity index (χ3n) is 2.58. The summed E-state index contributed by atoms with van der Waals surface area (Å²) in [5.74, 6) is 0. The highest BCUT2D eigenvalue weighted by atomic mass is 16.6. The Morgan fingerprint density at radius 2 is 1.52 bits per heavy atom. The first-order valence-electron chi connectivity index (χ1n) is 6.62. The van der Waals surface area contributed by atoms with Crippen LogP contribution in [0.3, 0.4) is 0 Å². The van der Waals surface area contributed by atoms with Gasteiger partial charge in [-0.05, 0) is 26.3 Å². The van der Waals surface area contributed by atoms with Crippen LogP contribution in [0.1, 0.15) is 26.3 Å². The average Bonchev–Trinajstić information content (AvgIpc) is 2.42. The Balaban J connectivity index is 2.51. The summed E-state index contributed by atoms with van der Waals surface area (Å²) in [4.78, 5) is 23.7. The minimum absolute atomic E-state index is 0.145. The van der Waals surface area contributed by atoms with Crippen LogP contribution in [0.25, 0.3) is 0 Å². The van der Waals surface area contributed by atoms with E-state index in [2.05, 4.69) is 0 Å². The number of carbonyl (C=O) groups is 2.